The summed E-state index contributed by atoms with van der Waals surface area (Å²) in [6.45, 7) is 0. The van der Waals surface area contributed by atoms with Crippen LogP contribution in [0.1, 0.15) is 116 Å². The Morgan fingerprint density at radius 1 is 0.393 bits per heavy atom. The van der Waals surface area contributed by atoms with Gasteiger partial charge in [0.25, 0.3) is 0 Å². The van der Waals surface area contributed by atoms with Gasteiger partial charge in [0.2, 0.25) is 0 Å². The molecule has 0 aromatic rings. The van der Waals surface area contributed by atoms with Crippen molar-refractivity contribution < 1.29 is 0 Å². The van der Waals surface area contributed by atoms with Crippen molar-refractivity contribution in [1.29, 1.82) is 0 Å². The normalized spacial score (nSPS) is 26.8. The second-order valence-electron chi connectivity index (χ2n) is 9.85. The largest absolute Gasteiger partial charge is 0.244 e. The van der Waals surface area contributed by atoms with Crippen LogP contribution >= 0.6 is 23.9 Å². The smallest absolute Gasteiger partial charge is 0.0205 e. The number of hydrogen-bond acceptors (Lipinski definition) is 4. The Hall–Kier alpha value is 0.620. The molecule has 4 aliphatic rings. The molecule has 162 valence electrons. The molecule has 4 heteroatoms. The van der Waals surface area contributed by atoms with Crippen molar-refractivity contribution in [2.24, 2.45) is 0 Å². The van der Waals surface area contributed by atoms with Gasteiger partial charge in [-0.15, -0.1) is 0 Å². The summed E-state index contributed by atoms with van der Waals surface area (Å²) in [7, 11) is 0. The summed E-state index contributed by atoms with van der Waals surface area (Å²) in [6.07, 6.45) is 26.5. The van der Waals surface area contributed by atoms with E-state index in [0.29, 0.717) is 0 Å². The van der Waals surface area contributed by atoms with Crippen molar-refractivity contribution in [1.82, 2.24) is 8.61 Å². The third-order valence-corrected chi connectivity index (χ3v) is 10.6. The minimum absolute atomic E-state index is 0.885. The monoisotopic (exact) mass is 424 g/mol. The van der Waals surface area contributed by atoms with E-state index >= 15 is 0 Å². The first-order chi connectivity index (χ1) is 13.9. The molecule has 0 unspecified atom stereocenters. The Bertz CT molecular complexity index is 382. The molecule has 4 aliphatic carbocycles. The molecule has 0 amide bonds. The topological polar surface area (TPSA) is 6.48 Å². The molecule has 28 heavy (non-hydrogen) atoms. The van der Waals surface area contributed by atoms with Crippen molar-refractivity contribution in [2.45, 2.75) is 140 Å². The predicted molar refractivity (Wildman–Crippen MR) is 127 cm³/mol. The van der Waals surface area contributed by atoms with Gasteiger partial charge in [0.1, 0.15) is 0 Å². The lowest BCUT2D eigenvalue weighted by molar-refractivity contribution is 0.220. The quantitative estimate of drug-likeness (QED) is 0.280. The summed E-state index contributed by atoms with van der Waals surface area (Å²) in [5.41, 5.74) is 0. The maximum Gasteiger partial charge on any atom is 0.0205 e. The Morgan fingerprint density at radius 3 is 0.929 bits per heavy atom. The van der Waals surface area contributed by atoms with Gasteiger partial charge in [-0.3, -0.25) is 0 Å². The molecule has 0 radical (unpaired) electrons. The van der Waals surface area contributed by atoms with Crippen LogP contribution < -0.4 is 0 Å². The van der Waals surface area contributed by atoms with Crippen LogP contribution in [0.4, 0.5) is 0 Å². The van der Waals surface area contributed by atoms with E-state index in [4.69, 9.17) is 0 Å². The maximum atomic E-state index is 2.92. The molecule has 4 saturated carbocycles. The molecule has 0 aromatic heterocycles. The Balaban J connectivity index is 1.27. The van der Waals surface area contributed by atoms with Gasteiger partial charge in [-0.05, 0) is 51.4 Å². The zero-order valence-electron chi connectivity index (χ0n) is 18.2. The first-order valence-electron chi connectivity index (χ1n) is 12.7. The highest BCUT2D eigenvalue weighted by Gasteiger charge is 2.32. The fourth-order valence-corrected chi connectivity index (χ4v) is 9.00. The summed E-state index contributed by atoms with van der Waals surface area (Å²) in [6, 6.07) is 3.55. The number of rotatable bonds is 9. The summed E-state index contributed by atoms with van der Waals surface area (Å²) < 4.78 is 5.85. The summed E-state index contributed by atoms with van der Waals surface area (Å²) >= 11 is 4.48. The predicted octanol–water partition coefficient (Wildman–Crippen LogP) is 7.44. The van der Waals surface area contributed by atoms with Crippen LogP contribution in [0.2, 0.25) is 0 Å². The van der Waals surface area contributed by atoms with Crippen LogP contribution in [0, 0.1) is 0 Å². The molecule has 0 aliphatic heterocycles. The van der Waals surface area contributed by atoms with E-state index in [-0.39, 0.29) is 0 Å². The van der Waals surface area contributed by atoms with E-state index in [9.17, 15) is 0 Å². The third-order valence-electron chi connectivity index (χ3n) is 7.80. The van der Waals surface area contributed by atoms with E-state index in [1.54, 1.807) is 0 Å². The number of hydrogen-bond donors (Lipinski definition) is 0. The Labute approximate surface area is 183 Å². The average molecular weight is 425 g/mol. The van der Waals surface area contributed by atoms with Gasteiger partial charge in [-0.2, -0.15) is 0 Å². The fourth-order valence-electron chi connectivity index (χ4n) is 6.29. The van der Waals surface area contributed by atoms with Crippen molar-refractivity contribution in [2.75, 3.05) is 11.5 Å². The van der Waals surface area contributed by atoms with Crippen molar-refractivity contribution in [3.8, 4) is 0 Å². The fraction of sp³-hybridized carbons (Fsp3) is 1.00. The summed E-state index contributed by atoms with van der Waals surface area (Å²) in [4.78, 5) is 0. The van der Waals surface area contributed by atoms with Crippen LogP contribution in [-0.4, -0.2) is 44.3 Å². The Morgan fingerprint density at radius 2 is 0.643 bits per heavy atom. The second kappa shape index (κ2) is 11.9. The molecule has 4 fully saturated rings. The van der Waals surface area contributed by atoms with Gasteiger partial charge < -0.3 is 0 Å². The van der Waals surface area contributed by atoms with Gasteiger partial charge in [-0.1, -0.05) is 88.1 Å². The van der Waals surface area contributed by atoms with Crippen LogP contribution in [0.15, 0.2) is 0 Å². The molecule has 2 nitrogen and oxygen atoms in total. The highest BCUT2D eigenvalue weighted by atomic mass is 32.2. The second-order valence-corrected chi connectivity index (χ2v) is 12.0. The first-order valence-corrected chi connectivity index (χ1v) is 14.6. The van der Waals surface area contributed by atoms with Crippen LogP contribution in [-0.2, 0) is 0 Å². The van der Waals surface area contributed by atoms with E-state index in [0.717, 1.165) is 24.2 Å². The lowest BCUT2D eigenvalue weighted by Crippen LogP contribution is -2.39. The van der Waals surface area contributed by atoms with E-state index in [1.807, 2.05) is 0 Å². The first kappa shape index (κ1) is 21.8. The van der Waals surface area contributed by atoms with E-state index in [1.165, 1.54) is 127 Å². The molecule has 0 aromatic carbocycles. The molecule has 0 N–H and O–H groups in total. The molecular formula is C24H44N2S2. The van der Waals surface area contributed by atoms with Crippen molar-refractivity contribution in [3.63, 3.8) is 0 Å². The van der Waals surface area contributed by atoms with E-state index < -0.39 is 0 Å². The molecule has 0 bridgehead atoms. The lowest BCUT2D eigenvalue weighted by Gasteiger charge is -2.39. The molecule has 0 atom stereocenters. The van der Waals surface area contributed by atoms with Crippen molar-refractivity contribution in [3.05, 3.63) is 0 Å². The third kappa shape index (κ3) is 6.08. The van der Waals surface area contributed by atoms with Gasteiger partial charge in [0.15, 0.2) is 0 Å². The summed E-state index contributed by atoms with van der Waals surface area (Å²) in [5.74, 6) is 2.65. The van der Waals surface area contributed by atoms with Gasteiger partial charge in [0.05, 0.1) is 0 Å². The maximum absolute atomic E-state index is 2.92. The van der Waals surface area contributed by atoms with Gasteiger partial charge in [-0.25, -0.2) is 8.61 Å². The zero-order chi connectivity index (χ0) is 19.0. The summed E-state index contributed by atoms with van der Waals surface area (Å²) in [5, 5.41) is 0. The minimum Gasteiger partial charge on any atom is -0.244 e. The number of nitrogens with zero attached hydrogens (tertiary/aromatic N) is 2. The van der Waals surface area contributed by atoms with Crippen molar-refractivity contribution >= 4 is 23.9 Å². The minimum atomic E-state index is 0.885. The zero-order valence-corrected chi connectivity index (χ0v) is 19.8. The molecule has 0 saturated heterocycles. The molecule has 4 rings (SSSR count). The Kier molecular flexibility index (Phi) is 9.25. The molecule has 0 heterocycles. The highest BCUT2D eigenvalue weighted by molar-refractivity contribution is 8.00. The lowest BCUT2D eigenvalue weighted by atomic mass is 9.94. The standard InChI is InChI=1S/C24H44N2S2/c1-3-11-21(12-4-1)25(23-15-7-8-16-23)27-19-20-28-26(24-17-9-10-18-24)22-13-5-2-6-14-22/h21-24H,1-20H2. The highest BCUT2D eigenvalue weighted by Crippen LogP contribution is 2.38. The SMILES string of the molecule is C1CCC(N(SCCSN(C2CCCCC2)C2CCCC2)C2CCCC2)CC1. The average Bonchev–Trinajstić information content (AvgIpc) is 3.46. The van der Waals surface area contributed by atoms with Crippen LogP contribution in [0.3, 0.4) is 0 Å². The van der Waals surface area contributed by atoms with Gasteiger partial charge >= 0.3 is 0 Å². The van der Waals surface area contributed by atoms with Crippen LogP contribution in [0.25, 0.3) is 0 Å². The van der Waals surface area contributed by atoms with Gasteiger partial charge in [0, 0.05) is 35.7 Å². The van der Waals surface area contributed by atoms with Crippen LogP contribution in [0.5, 0.6) is 0 Å². The van der Waals surface area contributed by atoms with E-state index in [2.05, 4.69) is 32.5 Å². The molecule has 0 spiro atoms. The molecular weight excluding hydrogens is 380 g/mol.